The number of carbonyl (C=O) groups is 2. The lowest BCUT2D eigenvalue weighted by Gasteiger charge is -2.09. The Hall–Kier alpha value is -1.88. The fraction of sp³-hybridized carbons (Fsp3) is 0.231. The fourth-order valence-electron chi connectivity index (χ4n) is 1.77. The van der Waals surface area contributed by atoms with E-state index in [0.717, 1.165) is 10.1 Å². The second-order valence-electron chi connectivity index (χ2n) is 3.93. The summed E-state index contributed by atoms with van der Waals surface area (Å²) in [5.74, 6) is -2.55. The third-order valence-corrected chi connectivity index (χ3v) is 3.73. The van der Waals surface area contributed by atoms with Crippen LogP contribution in [0.2, 0.25) is 0 Å². The number of amides is 1. The van der Waals surface area contributed by atoms with E-state index in [2.05, 4.69) is 5.32 Å². The van der Waals surface area contributed by atoms with Gasteiger partial charge < -0.3 is 10.4 Å². The predicted molar refractivity (Wildman–Crippen MR) is 71.9 cm³/mol. The molecule has 1 heterocycles. The molecule has 1 atom stereocenters. The molecule has 2 rings (SSSR count). The number of hydrogen-bond donors (Lipinski definition) is 2. The Bertz CT molecular complexity index is 591. The molecule has 0 spiro atoms. The highest BCUT2D eigenvalue weighted by Crippen LogP contribution is 2.30. The quantitative estimate of drug-likeness (QED) is 0.833. The number of carboxylic acid groups (broad SMARTS) is 1. The van der Waals surface area contributed by atoms with Crippen molar-refractivity contribution in [1.29, 1.82) is 0 Å². The first-order valence-electron chi connectivity index (χ1n) is 5.63. The van der Waals surface area contributed by atoms with Crippen molar-refractivity contribution in [3.05, 3.63) is 29.6 Å². The summed E-state index contributed by atoms with van der Waals surface area (Å²) in [6, 6.07) is 7.68. The second kappa shape index (κ2) is 5.18. The molecular formula is C13H13NO3S. The van der Waals surface area contributed by atoms with E-state index in [4.69, 9.17) is 5.11 Å². The number of carbonyl (C=O) groups excluding carboxylic acids is 1. The molecule has 0 fully saturated rings. The Labute approximate surface area is 108 Å². The maximum Gasteiger partial charge on any atom is 0.316 e. The van der Waals surface area contributed by atoms with Gasteiger partial charge in [0.05, 0.1) is 5.69 Å². The summed E-state index contributed by atoms with van der Waals surface area (Å²) in [6.07, 6.45) is 0.281. The smallest absolute Gasteiger partial charge is 0.316 e. The zero-order valence-corrected chi connectivity index (χ0v) is 10.7. The summed E-state index contributed by atoms with van der Waals surface area (Å²) in [5, 5.41) is 14.4. The van der Waals surface area contributed by atoms with E-state index in [1.165, 1.54) is 11.3 Å². The molecule has 1 amide bonds. The normalized spacial score (nSPS) is 12.3. The Kier molecular flexibility index (Phi) is 3.62. The monoisotopic (exact) mass is 263 g/mol. The molecule has 4 nitrogen and oxygen atoms in total. The van der Waals surface area contributed by atoms with Crippen molar-refractivity contribution in [3.8, 4) is 0 Å². The summed E-state index contributed by atoms with van der Waals surface area (Å²) < 4.78 is 1.07. The van der Waals surface area contributed by atoms with E-state index in [-0.39, 0.29) is 6.42 Å². The van der Waals surface area contributed by atoms with Crippen LogP contribution in [0.3, 0.4) is 0 Å². The Morgan fingerprint density at radius 2 is 2.11 bits per heavy atom. The third kappa shape index (κ3) is 2.36. The van der Waals surface area contributed by atoms with E-state index in [0.29, 0.717) is 5.69 Å². The van der Waals surface area contributed by atoms with Crippen LogP contribution in [0.1, 0.15) is 13.3 Å². The topological polar surface area (TPSA) is 66.4 Å². The van der Waals surface area contributed by atoms with E-state index < -0.39 is 17.8 Å². The number of fused-ring (bicyclic) bond motifs is 1. The fourth-order valence-corrected chi connectivity index (χ4v) is 2.66. The lowest BCUT2D eigenvalue weighted by atomic mass is 10.1. The van der Waals surface area contributed by atoms with Crippen LogP contribution in [0, 0.1) is 5.92 Å². The first-order chi connectivity index (χ1) is 8.63. The number of rotatable bonds is 4. The highest BCUT2D eigenvalue weighted by atomic mass is 32.1. The van der Waals surface area contributed by atoms with Gasteiger partial charge >= 0.3 is 5.97 Å². The minimum atomic E-state index is -1.09. The van der Waals surface area contributed by atoms with Crippen molar-refractivity contribution in [2.75, 3.05) is 5.32 Å². The zero-order chi connectivity index (χ0) is 13.1. The molecule has 1 aromatic heterocycles. The van der Waals surface area contributed by atoms with E-state index in [1.807, 2.05) is 29.6 Å². The molecule has 0 bridgehead atoms. The number of benzene rings is 1. The van der Waals surface area contributed by atoms with E-state index in [9.17, 15) is 9.59 Å². The molecule has 5 heteroatoms. The molecule has 18 heavy (non-hydrogen) atoms. The zero-order valence-electron chi connectivity index (χ0n) is 9.84. The number of aliphatic carboxylic acids is 1. The Morgan fingerprint density at radius 1 is 1.39 bits per heavy atom. The molecule has 0 aliphatic carbocycles. The van der Waals surface area contributed by atoms with Gasteiger partial charge in [-0.3, -0.25) is 9.59 Å². The van der Waals surface area contributed by atoms with Gasteiger partial charge in [0.25, 0.3) is 0 Å². The number of thiophene rings is 1. The van der Waals surface area contributed by atoms with Gasteiger partial charge in [-0.1, -0.05) is 25.1 Å². The summed E-state index contributed by atoms with van der Waals surface area (Å²) in [5.41, 5.74) is 0.681. The maximum atomic E-state index is 11.8. The van der Waals surface area contributed by atoms with Gasteiger partial charge in [-0.05, 0) is 12.5 Å². The molecule has 2 aromatic rings. The SMILES string of the molecule is CCC(C(=O)O)C(=O)Nc1csc2ccccc12. The van der Waals surface area contributed by atoms with Crippen LogP contribution in [0.5, 0.6) is 0 Å². The molecule has 2 N–H and O–H groups in total. The molecule has 0 aliphatic heterocycles. The molecule has 0 saturated heterocycles. The molecule has 1 aromatic carbocycles. The van der Waals surface area contributed by atoms with Gasteiger partial charge in [0.15, 0.2) is 0 Å². The maximum absolute atomic E-state index is 11.8. The summed E-state index contributed by atoms with van der Waals surface area (Å²) >= 11 is 1.52. The Morgan fingerprint density at radius 3 is 2.78 bits per heavy atom. The van der Waals surface area contributed by atoms with Gasteiger partial charge in [-0.2, -0.15) is 0 Å². The number of hydrogen-bond acceptors (Lipinski definition) is 3. The van der Waals surface area contributed by atoms with Gasteiger partial charge in [-0.15, -0.1) is 11.3 Å². The lowest BCUT2D eigenvalue weighted by molar-refractivity contribution is -0.145. The highest BCUT2D eigenvalue weighted by Gasteiger charge is 2.24. The Balaban J connectivity index is 2.24. The summed E-state index contributed by atoms with van der Waals surface area (Å²) in [4.78, 5) is 22.7. The van der Waals surface area contributed by atoms with Crippen molar-refractivity contribution in [2.45, 2.75) is 13.3 Å². The minimum absolute atomic E-state index is 0.281. The molecule has 0 aliphatic rings. The van der Waals surface area contributed by atoms with Crippen LogP contribution >= 0.6 is 11.3 Å². The van der Waals surface area contributed by atoms with E-state index >= 15 is 0 Å². The van der Waals surface area contributed by atoms with Crippen molar-refractivity contribution >= 4 is 39.0 Å². The largest absolute Gasteiger partial charge is 0.481 e. The van der Waals surface area contributed by atoms with Crippen molar-refractivity contribution < 1.29 is 14.7 Å². The summed E-state index contributed by atoms with van der Waals surface area (Å²) in [6.45, 7) is 1.68. The third-order valence-electron chi connectivity index (χ3n) is 2.76. The average molecular weight is 263 g/mol. The van der Waals surface area contributed by atoms with Crippen LogP contribution in [-0.2, 0) is 9.59 Å². The lowest BCUT2D eigenvalue weighted by Crippen LogP contribution is -2.28. The van der Waals surface area contributed by atoms with E-state index in [1.54, 1.807) is 6.92 Å². The standard InChI is InChI=1S/C13H13NO3S/c1-2-8(13(16)17)12(15)14-10-7-18-11-6-4-3-5-9(10)11/h3-8H,2H2,1H3,(H,14,15)(H,16,17). The van der Waals surface area contributed by atoms with Crippen LogP contribution < -0.4 is 5.32 Å². The first kappa shape index (κ1) is 12.6. The van der Waals surface area contributed by atoms with Crippen molar-refractivity contribution in [3.63, 3.8) is 0 Å². The van der Waals surface area contributed by atoms with Gasteiger partial charge in [-0.25, -0.2) is 0 Å². The first-order valence-corrected chi connectivity index (χ1v) is 6.51. The van der Waals surface area contributed by atoms with Crippen LogP contribution in [-0.4, -0.2) is 17.0 Å². The highest BCUT2D eigenvalue weighted by molar-refractivity contribution is 7.17. The minimum Gasteiger partial charge on any atom is -0.481 e. The predicted octanol–water partition coefficient (Wildman–Crippen LogP) is 2.95. The van der Waals surface area contributed by atoms with Crippen LogP contribution in [0.15, 0.2) is 29.6 Å². The molecule has 0 radical (unpaired) electrons. The van der Waals surface area contributed by atoms with Crippen LogP contribution in [0.4, 0.5) is 5.69 Å². The number of carboxylic acids is 1. The van der Waals surface area contributed by atoms with Crippen molar-refractivity contribution in [1.82, 2.24) is 0 Å². The molecule has 0 saturated carbocycles. The van der Waals surface area contributed by atoms with Gasteiger partial charge in [0.1, 0.15) is 5.92 Å². The second-order valence-corrected chi connectivity index (χ2v) is 4.85. The van der Waals surface area contributed by atoms with Crippen LogP contribution in [0.25, 0.3) is 10.1 Å². The van der Waals surface area contributed by atoms with Crippen molar-refractivity contribution in [2.24, 2.45) is 5.92 Å². The average Bonchev–Trinajstić information content (AvgIpc) is 2.73. The number of anilines is 1. The van der Waals surface area contributed by atoms with Gasteiger partial charge in [0, 0.05) is 15.5 Å². The van der Waals surface area contributed by atoms with Gasteiger partial charge in [0.2, 0.25) is 5.91 Å². The molecular weight excluding hydrogens is 250 g/mol. The number of nitrogens with one attached hydrogen (secondary N) is 1. The molecule has 1 unspecified atom stereocenters. The summed E-state index contributed by atoms with van der Waals surface area (Å²) in [7, 11) is 0. The molecule has 94 valence electrons.